The maximum absolute atomic E-state index is 12.0. The molecule has 18 heavy (non-hydrogen) atoms. The Balaban J connectivity index is 2.24. The normalized spacial score (nSPS) is 11.7. The summed E-state index contributed by atoms with van der Waals surface area (Å²) in [5, 5.41) is 2.23. The van der Waals surface area contributed by atoms with Gasteiger partial charge in [0.1, 0.15) is 5.78 Å². The van der Waals surface area contributed by atoms with E-state index in [1.54, 1.807) is 6.20 Å². The number of carbonyl (C=O) groups is 1. The highest BCUT2D eigenvalue weighted by Crippen LogP contribution is 2.22. The van der Waals surface area contributed by atoms with Gasteiger partial charge < -0.3 is 0 Å². The van der Waals surface area contributed by atoms with Gasteiger partial charge in [0.2, 0.25) is 0 Å². The van der Waals surface area contributed by atoms with E-state index in [0.717, 1.165) is 16.5 Å². The minimum atomic E-state index is 0.0433. The van der Waals surface area contributed by atoms with Gasteiger partial charge in [-0.2, -0.15) is 0 Å². The summed E-state index contributed by atoms with van der Waals surface area (Å²) >= 11 is 0. The molecule has 2 heteroatoms. The van der Waals surface area contributed by atoms with Gasteiger partial charge in [-0.05, 0) is 16.9 Å². The standard InChI is InChI=1S/C16H19NO/c1-16(2,3)11-13(18)10-15-14-7-5-4-6-12(14)8-9-17-15/h4-9H,10-11H2,1-3H3. The molecule has 0 amide bonds. The minimum Gasteiger partial charge on any atom is -0.299 e. The van der Waals surface area contributed by atoms with Crippen molar-refractivity contribution in [3.05, 3.63) is 42.2 Å². The fraction of sp³-hybridized carbons (Fsp3) is 0.375. The second-order valence-electron chi connectivity index (χ2n) is 5.93. The minimum absolute atomic E-state index is 0.0433. The van der Waals surface area contributed by atoms with E-state index in [1.807, 2.05) is 24.3 Å². The first kappa shape index (κ1) is 12.7. The first-order valence-electron chi connectivity index (χ1n) is 6.30. The van der Waals surface area contributed by atoms with Gasteiger partial charge in [-0.25, -0.2) is 0 Å². The zero-order chi connectivity index (χ0) is 13.2. The van der Waals surface area contributed by atoms with Crippen molar-refractivity contribution >= 4 is 16.6 Å². The average molecular weight is 241 g/mol. The van der Waals surface area contributed by atoms with E-state index >= 15 is 0 Å². The van der Waals surface area contributed by atoms with Gasteiger partial charge in [0, 0.05) is 24.4 Å². The number of ketones is 1. The molecule has 2 nitrogen and oxygen atoms in total. The maximum atomic E-state index is 12.0. The summed E-state index contributed by atoms with van der Waals surface area (Å²) in [7, 11) is 0. The quantitative estimate of drug-likeness (QED) is 0.818. The number of hydrogen-bond donors (Lipinski definition) is 0. The molecule has 0 atom stereocenters. The van der Waals surface area contributed by atoms with Crippen LogP contribution in [0, 0.1) is 5.41 Å². The number of rotatable bonds is 3. The molecule has 94 valence electrons. The molecule has 0 aliphatic carbocycles. The smallest absolute Gasteiger partial charge is 0.139 e. The Morgan fingerprint density at radius 3 is 2.61 bits per heavy atom. The first-order valence-corrected chi connectivity index (χ1v) is 6.30. The fourth-order valence-electron chi connectivity index (χ4n) is 2.16. The number of benzene rings is 1. The van der Waals surface area contributed by atoms with Crippen LogP contribution in [0.4, 0.5) is 0 Å². The summed E-state index contributed by atoms with van der Waals surface area (Å²) in [4.78, 5) is 16.4. The summed E-state index contributed by atoms with van der Waals surface area (Å²) in [5.74, 6) is 0.256. The summed E-state index contributed by atoms with van der Waals surface area (Å²) in [6.07, 6.45) is 2.80. The average Bonchev–Trinajstić information content (AvgIpc) is 2.27. The zero-order valence-electron chi connectivity index (χ0n) is 11.2. The van der Waals surface area contributed by atoms with Crippen molar-refractivity contribution in [1.29, 1.82) is 0 Å². The SMILES string of the molecule is CC(C)(C)CC(=O)Cc1nccc2ccccc12. The van der Waals surface area contributed by atoms with Crippen LogP contribution in [0.25, 0.3) is 10.8 Å². The third-order valence-corrected chi connectivity index (χ3v) is 2.85. The maximum Gasteiger partial charge on any atom is 0.139 e. The van der Waals surface area contributed by atoms with E-state index < -0.39 is 0 Å². The molecular weight excluding hydrogens is 222 g/mol. The summed E-state index contributed by atoms with van der Waals surface area (Å²) < 4.78 is 0. The van der Waals surface area contributed by atoms with Crippen LogP contribution < -0.4 is 0 Å². The van der Waals surface area contributed by atoms with Crippen molar-refractivity contribution in [3.8, 4) is 0 Å². The molecule has 0 bridgehead atoms. The number of Topliss-reactive ketones (excluding diaryl/α,β-unsaturated/α-hetero) is 1. The van der Waals surface area contributed by atoms with E-state index in [1.165, 1.54) is 0 Å². The Morgan fingerprint density at radius 2 is 1.89 bits per heavy atom. The number of carbonyl (C=O) groups excluding carboxylic acids is 1. The molecule has 0 saturated carbocycles. The summed E-state index contributed by atoms with van der Waals surface area (Å²) in [5.41, 5.74) is 0.934. The molecular formula is C16H19NO. The van der Waals surface area contributed by atoms with E-state index in [2.05, 4.69) is 31.8 Å². The lowest BCUT2D eigenvalue weighted by Crippen LogP contribution is -2.15. The molecule has 0 spiro atoms. The number of fused-ring (bicyclic) bond motifs is 1. The number of hydrogen-bond acceptors (Lipinski definition) is 2. The molecule has 1 heterocycles. The van der Waals surface area contributed by atoms with E-state index in [0.29, 0.717) is 12.8 Å². The van der Waals surface area contributed by atoms with Crippen LogP contribution in [0.3, 0.4) is 0 Å². The van der Waals surface area contributed by atoms with Crippen molar-refractivity contribution in [1.82, 2.24) is 4.98 Å². The van der Waals surface area contributed by atoms with Gasteiger partial charge in [-0.15, -0.1) is 0 Å². The third-order valence-electron chi connectivity index (χ3n) is 2.85. The molecule has 0 aliphatic rings. The molecule has 2 aromatic rings. The monoisotopic (exact) mass is 241 g/mol. The van der Waals surface area contributed by atoms with Crippen LogP contribution in [0.1, 0.15) is 32.9 Å². The molecule has 1 aromatic carbocycles. The predicted octanol–water partition coefficient (Wildman–Crippen LogP) is 3.78. The number of pyridine rings is 1. The Bertz CT molecular complexity index is 561. The van der Waals surface area contributed by atoms with E-state index in [9.17, 15) is 4.79 Å². The van der Waals surface area contributed by atoms with Crippen LogP contribution in [0.15, 0.2) is 36.5 Å². The van der Waals surface area contributed by atoms with Gasteiger partial charge in [0.05, 0.1) is 5.69 Å². The van der Waals surface area contributed by atoms with E-state index in [4.69, 9.17) is 0 Å². The molecule has 1 aromatic heterocycles. The lowest BCUT2D eigenvalue weighted by molar-refractivity contribution is -0.120. The number of nitrogens with zero attached hydrogens (tertiary/aromatic N) is 1. The molecule has 0 saturated heterocycles. The molecule has 0 radical (unpaired) electrons. The van der Waals surface area contributed by atoms with Gasteiger partial charge in [-0.1, -0.05) is 45.0 Å². The highest BCUT2D eigenvalue weighted by atomic mass is 16.1. The molecule has 0 N–H and O–H groups in total. The van der Waals surface area contributed by atoms with Crippen LogP contribution in [0.2, 0.25) is 0 Å². The van der Waals surface area contributed by atoms with Crippen molar-refractivity contribution in [2.24, 2.45) is 5.41 Å². The fourth-order valence-corrected chi connectivity index (χ4v) is 2.16. The van der Waals surface area contributed by atoms with E-state index in [-0.39, 0.29) is 11.2 Å². The third kappa shape index (κ3) is 3.16. The molecule has 0 fully saturated rings. The van der Waals surface area contributed by atoms with Crippen LogP contribution in [0.5, 0.6) is 0 Å². The molecule has 0 unspecified atom stereocenters. The highest BCUT2D eigenvalue weighted by Gasteiger charge is 2.17. The lowest BCUT2D eigenvalue weighted by Gasteiger charge is -2.16. The second kappa shape index (κ2) is 4.89. The van der Waals surface area contributed by atoms with Crippen molar-refractivity contribution < 1.29 is 4.79 Å². The Kier molecular flexibility index (Phi) is 3.46. The second-order valence-corrected chi connectivity index (χ2v) is 5.93. The van der Waals surface area contributed by atoms with Gasteiger partial charge in [0.25, 0.3) is 0 Å². The summed E-state index contributed by atoms with van der Waals surface area (Å²) in [6, 6.07) is 10.1. The van der Waals surface area contributed by atoms with Crippen LogP contribution >= 0.6 is 0 Å². The van der Waals surface area contributed by atoms with Crippen LogP contribution in [-0.4, -0.2) is 10.8 Å². The van der Waals surface area contributed by atoms with Gasteiger partial charge in [-0.3, -0.25) is 9.78 Å². The Labute approximate surface area is 108 Å². The zero-order valence-corrected chi connectivity index (χ0v) is 11.2. The summed E-state index contributed by atoms with van der Waals surface area (Å²) in [6.45, 7) is 6.25. The molecule has 2 rings (SSSR count). The van der Waals surface area contributed by atoms with Gasteiger partial charge in [0.15, 0.2) is 0 Å². The van der Waals surface area contributed by atoms with Gasteiger partial charge >= 0.3 is 0 Å². The molecule has 0 aliphatic heterocycles. The number of aromatic nitrogens is 1. The van der Waals surface area contributed by atoms with Crippen molar-refractivity contribution in [2.45, 2.75) is 33.6 Å². The predicted molar refractivity (Wildman–Crippen MR) is 74.5 cm³/mol. The van der Waals surface area contributed by atoms with Crippen LogP contribution in [-0.2, 0) is 11.2 Å². The Morgan fingerprint density at radius 1 is 1.17 bits per heavy atom. The lowest BCUT2D eigenvalue weighted by atomic mass is 9.88. The highest BCUT2D eigenvalue weighted by molar-refractivity contribution is 5.89. The Hall–Kier alpha value is -1.70. The van der Waals surface area contributed by atoms with Crippen molar-refractivity contribution in [3.63, 3.8) is 0 Å². The van der Waals surface area contributed by atoms with Crippen molar-refractivity contribution in [2.75, 3.05) is 0 Å². The topological polar surface area (TPSA) is 30.0 Å². The largest absolute Gasteiger partial charge is 0.299 e. The first-order chi connectivity index (χ1) is 8.46.